The summed E-state index contributed by atoms with van der Waals surface area (Å²) < 4.78 is 1.47. The molecule has 2 heterocycles. The number of fused-ring (bicyclic) bond motifs is 1. The van der Waals surface area contributed by atoms with Crippen LogP contribution in [-0.4, -0.2) is 19.7 Å². The summed E-state index contributed by atoms with van der Waals surface area (Å²) in [6.45, 7) is 3.42. The van der Waals surface area contributed by atoms with Crippen molar-refractivity contribution in [2.75, 3.05) is 0 Å². The molecule has 3 aromatic rings. The van der Waals surface area contributed by atoms with Crippen LogP contribution in [0.2, 0.25) is 15.1 Å². The summed E-state index contributed by atoms with van der Waals surface area (Å²) in [4.78, 5) is 19.0. The summed E-state index contributed by atoms with van der Waals surface area (Å²) in [5.41, 5.74) is 1.14. The van der Waals surface area contributed by atoms with Crippen LogP contribution in [0.5, 0.6) is 0 Å². The number of halogens is 3. The zero-order chi connectivity index (χ0) is 15.3. The molecule has 0 bridgehead atoms. The van der Waals surface area contributed by atoms with Crippen molar-refractivity contribution in [2.45, 2.75) is 13.8 Å². The molecular weight excluding hydrogens is 335 g/mol. The summed E-state index contributed by atoms with van der Waals surface area (Å²) in [6.07, 6.45) is 0. The molecule has 0 fully saturated rings. The number of aromatic amines is 1. The Labute approximate surface area is 134 Å². The fraction of sp³-hybridized carbons (Fsp3) is 0.154. The van der Waals surface area contributed by atoms with Crippen LogP contribution in [0.15, 0.2) is 16.9 Å². The predicted octanol–water partition coefficient (Wildman–Crippen LogP) is 3.69. The van der Waals surface area contributed by atoms with Crippen molar-refractivity contribution in [1.29, 1.82) is 0 Å². The maximum absolute atomic E-state index is 12.1. The smallest absolute Gasteiger partial charge is 0.262 e. The number of hydrogen-bond donors (Lipinski definition) is 1. The normalized spacial score (nSPS) is 11.3. The summed E-state index contributed by atoms with van der Waals surface area (Å²) in [7, 11) is 0. The SMILES string of the molecule is Cc1nc2c(c(C)nn2-c2c(Cl)cc(Cl)cc2Cl)c(=O)[nH]1. The van der Waals surface area contributed by atoms with Crippen molar-refractivity contribution in [3.63, 3.8) is 0 Å². The van der Waals surface area contributed by atoms with Gasteiger partial charge < -0.3 is 4.98 Å². The minimum atomic E-state index is -0.248. The van der Waals surface area contributed by atoms with E-state index in [0.717, 1.165) is 0 Å². The molecular formula is C13H9Cl3N4O. The summed E-state index contributed by atoms with van der Waals surface area (Å²) in [6, 6.07) is 3.13. The predicted molar refractivity (Wildman–Crippen MR) is 84.0 cm³/mol. The number of nitrogens with zero attached hydrogens (tertiary/aromatic N) is 3. The first-order valence-electron chi connectivity index (χ1n) is 5.99. The largest absolute Gasteiger partial charge is 0.310 e. The molecule has 0 radical (unpaired) electrons. The molecule has 0 aliphatic rings. The molecule has 1 N–H and O–H groups in total. The van der Waals surface area contributed by atoms with Crippen molar-refractivity contribution >= 4 is 45.8 Å². The van der Waals surface area contributed by atoms with Gasteiger partial charge in [0.05, 0.1) is 15.7 Å². The zero-order valence-electron chi connectivity index (χ0n) is 11.0. The quantitative estimate of drug-likeness (QED) is 0.733. The van der Waals surface area contributed by atoms with E-state index in [0.29, 0.717) is 43.3 Å². The van der Waals surface area contributed by atoms with Gasteiger partial charge in [-0.1, -0.05) is 34.8 Å². The first-order chi connectivity index (χ1) is 9.88. The maximum Gasteiger partial charge on any atom is 0.262 e. The lowest BCUT2D eigenvalue weighted by Gasteiger charge is -2.08. The molecule has 0 unspecified atom stereocenters. The number of aromatic nitrogens is 4. The monoisotopic (exact) mass is 342 g/mol. The van der Waals surface area contributed by atoms with Gasteiger partial charge in [-0.3, -0.25) is 4.79 Å². The van der Waals surface area contributed by atoms with E-state index in [1.54, 1.807) is 26.0 Å². The molecule has 0 aliphatic carbocycles. The molecule has 1 aromatic carbocycles. The van der Waals surface area contributed by atoms with E-state index in [1.165, 1.54) is 4.68 Å². The summed E-state index contributed by atoms with van der Waals surface area (Å²) in [5, 5.41) is 5.82. The van der Waals surface area contributed by atoms with Crippen molar-refractivity contribution in [3.8, 4) is 5.69 Å². The molecule has 21 heavy (non-hydrogen) atoms. The third-order valence-corrected chi connectivity index (χ3v) is 3.82. The van der Waals surface area contributed by atoms with E-state index < -0.39 is 0 Å². The van der Waals surface area contributed by atoms with Crippen LogP contribution >= 0.6 is 34.8 Å². The van der Waals surface area contributed by atoms with Gasteiger partial charge in [-0.05, 0) is 26.0 Å². The average molecular weight is 344 g/mol. The van der Waals surface area contributed by atoms with Crippen LogP contribution in [0.3, 0.4) is 0 Å². The van der Waals surface area contributed by atoms with Crippen molar-refractivity contribution in [2.24, 2.45) is 0 Å². The Hall–Kier alpha value is -1.56. The highest BCUT2D eigenvalue weighted by Crippen LogP contribution is 2.33. The fourth-order valence-corrected chi connectivity index (χ4v) is 3.17. The van der Waals surface area contributed by atoms with Crippen molar-refractivity contribution in [3.05, 3.63) is 49.1 Å². The second-order valence-electron chi connectivity index (χ2n) is 4.57. The Morgan fingerprint density at radius 3 is 2.38 bits per heavy atom. The van der Waals surface area contributed by atoms with Crippen LogP contribution in [0, 0.1) is 13.8 Å². The second kappa shape index (κ2) is 5.02. The number of H-pyrrole nitrogens is 1. The van der Waals surface area contributed by atoms with E-state index in [1.807, 2.05) is 0 Å². The third kappa shape index (κ3) is 2.31. The van der Waals surface area contributed by atoms with Gasteiger partial charge >= 0.3 is 0 Å². The zero-order valence-corrected chi connectivity index (χ0v) is 13.3. The minimum absolute atomic E-state index is 0.248. The molecule has 3 rings (SSSR count). The second-order valence-corrected chi connectivity index (χ2v) is 5.82. The topological polar surface area (TPSA) is 63.6 Å². The van der Waals surface area contributed by atoms with Crippen LogP contribution in [0.4, 0.5) is 0 Å². The Morgan fingerprint density at radius 2 is 1.76 bits per heavy atom. The van der Waals surface area contributed by atoms with Gasteiger partial charge in [-0.2, -0.15) is 5.10 Å². The van der Waals surface area contributed by atoms with Gasteiger partial charge in [-0.25, -0.2) is 9.67 Å². The fourth-order valence-electron chi connectivity index (χ4n) is 2.19. The molecule has 0 amide bonds. The molecule has 0 saturated carbocycles. The number of hydrogen-bond acceptors (Lipinski definition) is 3. The lowest BCUT2D eigenvalue weighted by molar-refractivity contribution is 0.872. The number of rotatable bonds is 1. The van der Waals surface area contributed by atoms with Gasteiger partial charge in [0.25, 0.3) is 5.56 Å². The van der Waals surface area contributed by atoms with E-state index in [-0.39, 0.29) is 5.56 Å². The number of nitrogens with one attached hydrogen (secondary N) is 1. The molecule has 5 nitrogen and oxygen atoms in total. The minimum Gasteiger partial charge on any atom is -0.310 e. The van der Waals surface area contributed by atoms with Gasteiger partial charge in [0, 0.05) is 5.02 Å². The highest BCUT2D eigenvalue weighted by atomic mass is 35.5. The van der Waals surface area contributed by atoms with E-state index in [9.17, 15) is 4.79 Å². The molecule has 108 valence electrons. The van der Waals surface area contributed by atoms with Gasteiger partial charge in [-0.15, -0.1) is 0 Å². The molecule has 2 aromatic heterocycles. The van der Waals surface area contributed by atoms with Crippen LogP contribution in [-0.2, 0) is 0 Å². The molecule has 0 saturated heterocycles. The maximum atomic E-state index is 12.1. The van der Waals surface area contributed by atoms with Crippen LogP contribution in [0.1, 0.15) is 11.5 Å². The number of benzene rings is 1. The van der Waals surface area contributed by atoms with Crippen LogP contribution < -0.4 is 5.56 Å². The van der Waals surface area contributed by atoms with Gasteiger partial charge in [0.15, 0.2) is 5.65 Å². The molecule has 8 heteroatoms. The Balaban J connectivity index is 2.45. The van der Waals surface area contributed by atoms with E-state index in [2.05, 4.69) is 15.1 Å². The number of aryl methyl sites for hydroxylation is 2. The molecule has 0 atom stereocenters. The average Bonchev–Trinajstić information content (AvgIpc) is 2.65. The highest BCUT2D eigenvalue weighted by Gasteiger charge is 2.18. The van der Waals surface area contributed by atoms with Gasteiger partial charge in [0.2, 0.25) is 0 Å². The van der Waals surface area contributed by atoms with Crippen molar-refractivity contribution in [1.82, 2.24) is 19.7 Å². The van der Waals surface area contributed by atoms with E-state index in [4.69, 9.17) is 34.8 Å². The first kappa shape index (κ1) is 14.4. The molecule has 0 aliphatic heterocycles. The Morgan fingerprint density at radius 1 is 1.14 bits per heavy atom. The van der Waals surface area contributed by atoms with Gasteiger partial charge in [0.1, 0.15) is 16.9 Å². The summed E-state index contributed by atoms with van der Waals surface area (Å²) in [5.74, 6) is 0.481. The van der Waals surface area contributed by atoms with Crippen molar-refractivity contribution < 1.29 is 0 Å². The highest BCUT2D eigenvalue weighted by molar-refractivity contribution is 6.40. The molecule has 0 spiro atoms. The third-order valence-electron chi connectivity index (χ3n) is 3.02. The lowest BCUT2D eigenvalue weighted by atomic mass is 10.3. The Bertz CT molecular complexity index is 906. The summed E-state index contributed by atoms with van der Waals surface area (Å²) >= 11 is 18.3. The standard InChI is InChI=1S/C13H9Cl3N4O/c1-5-10-12(17-6(2)18-13(10)21)20(19-5)11-8(15)3-7(14)4-9(11)16/h3-4H,1-2H3,(H,17,18,21). The lowest BCUT2D eigenvalue weighted by Crippen LogP contribution is -2.10. The van der Waals surface area contributed by atoms with Crippen LogP contribution in [0.25, 0.3) is 16.7 Å². The first-order valence-corrected chi connectivity index (χ1v) is 7.13. The van der Waals surface area contributed by atoms with E-state index >= 15 is 0 Å². The Kier molecular flexibility index (Phi) is 3.43.